The van der Waals surface area contributed by atoms with Crippen molar-refractivity contribution in [3.63, 3.8) is 0 Å². The van der Waals surface area contributed by atoms with E-state index in [-0.39, 0.29) is 9.79 Å². The number of nitrogen functional groups attached to an aromatic ring is 1. The molecule has 5 aromatic rings. The molecule has 0 aliphatic heterocycles. The summed E-state index contributed by atoms with van der Waals surface area (Å²) in [4.78, 5) is 1.29. The van der Waals surface area contributed by atoms with Crippen molar-refractivity contribution >= 4 is 61.0 Å². The Labute approximate surface area is 220 Å². The molecule has 1 heterocycles. The summed E-state index contributed by atoms with van der Waals surface area (Å²) in [7, 11) is -4.55. The summed E-state index contributed by atoms with van der Waals surface area (Å²) < 4.78 is 37.8. The predicted molar refractivity (Wildman–Crippen MR) is 141 cm³/mol. The van der Waals surface area contributed by atoms with Crippen LogP contribution in [-0.2, 0) is 19.5 Å². The first-order chi connectivity index (χ1) is 18.1. The lowest BCUT2D eigenvalue weighted by atomic mass is 10.1. The number of hydrogen-bond donors (Lipinski definition) is 3. The van der Waals surface area contributed by atoms with Gasteiger partial charge in [-0.15, -0.1) is 14.5 Å². The quantitative estimate of drug-likeness (QED) is 0.0553. The van der Waals surface area contributed by atoms with Crippen molar-refractivity contribution in [1.29, 1.82) is 0 Å². The monoisotopic (exact) mass is 552 g/mol. The van der Waals surface area contributed by atoms with Gasteiger partial charge in [0.15, 0.2) is 0 Å². The SMILES string of the molecule is Cc1cc(N=Nc2ccc(-n3nc4ccc5c(SOOO)cc(S(=O)(=O)O)cc5c4n3)cc2)c(C)cc1N. The van der Waals surface area contributed by atoms with E-state index < -0.39 is 10.1 Å². The molecule has 0 saturated heterocycles. The molecule has 4 N–H and O–H groups in total. The zero-order chi connectivity index (χ0) is 27.0. The lowest BCUT2D eigenvalue weighted by Gasteiger charge is -2.07. The molecule has 0 bridgehead atoms. The molecule has 38 heavy (non-hydrogen) atoms. The Balaban J connectivity index is 1.51. The highest BCUT2D eigenvalue weighted by Gasteiger charge is 2.18. The Morgan fingerprint density at radius 2 is 1.71 bits per heavy atom. The van der Waals surface area contributed by atoms with Gasteiger partial charge in [0.1, 0.15) is 11.0 Å². The van der Waals surface area contributed by atoms with Crippen molar-refractivity contribution in [2.24, 2.45) is 10.2 Å². The minimum absolute atomic E-state index is 0.266. The van der Waals surface area contributed by atoms with Crippen LogP contribution < -0.4 is 5.73 Å². The van der Waals surface area contributed by atoms with Crippen molar-refractivity contribution in [2.75, 3.05) is 5.73 Å². The Hall–Kier alpha value is -3.92. The standard InChI is InChI=1S/C24H20N6O6S2/c1-13-10-22(14(2)9-20(13)25)27-26-15-3-5-16(6-4-15)30-28-21-8-7-18-19(24(21)29-30)11-17(38(32,33)34)12-23(18)37-36-35-31/h3-12,31H,25H2,1-2H3,(H,32,33,34). The Morgan fingerprint density at radius 3 is 2.42 bits per heavy atom. The summed E-state index contributed by atoms with van der Waals surface area (Å²) in [6, 6.07) is 16.7. The summed E-state index contributed by atoms with van der Waals surface area (Å²) in [6.45, 7) is 3.83. The molecule has 0 aliphatic carbocycles. The van der Waals surface area contributed by atoms with Crippen LogP contribution in [0.1, 0.15) is 11.1 Å². The highest BCUT2D eigenvalue weighted by molar-refractivity contribution is 7.94. The number of aromatic nitrogens is 3. The predicted octanol–water partition coefficient (Wildman–Crippen LogP) is 5.86. The third-order valence-corrected chi connectivity index (χ3v) is 7.29. The number of rotatable bonds is 7. The fourth-order valence-corrected chi connectivity index (χ4v) is 4.99. The van der Waals surface area contributed by atoms with Gasteiger partial charge in [0.25, 0.3) is 10.1 Å². The third-order valence-electron chi connectivity index (χ3n) is 5.81. The van der Waals surface area contributed by atoms with Crippen LogP contribution in [0, 0.1) is 13.8 Å². The highest BCUT2D eigenvalue weighted by atomic mass is 32.2. The molecule has 0 spiro atoms. The maximum Gasteiger partial charge on any atom is 0.294 e. The number of hydrogen-bond acceptors (Lipinski definition) is 11. The van der Waals surface area contributed by atoms with Crippen LogP contribution in [0.15, 0.2) is 80.7 Å². The van der Waals surface area contributed by atoms with Crippen LogP contribution in [0.2, 0.25) is 0 Å². The van der Waals surface area contributed by atoms with Crippen molar-refractivity contribution < 1.29 is 27.6 Å². The van der Waals surface area contributed by atoms with Crippen molar-refractivity contribution in [2.45, 2.75) is 23.6 Å². The third kappa shape index (κ3) is 5.08. The smallest absolute Gasteiger partial charge is 0.294 e. The number of nitrogens with two attached hydrogens (primary N) is 1. The van der Waals surface area contributed by atoms with E-state index in [2.05, 4.69) is 29.8 Å². The van der Waals surface area contributed by atoms with Gasteiger partial charge in [0, 0.05) is 21.4 Å². The summed E-state index contributed by atoms with van der Waals surface area (Å²) in [5.74, 6) is 0. The second-order valence-corrected chi connectivity index (χ2v) is 10.5. The average Bonchev–Trinajstić information content (AvgIpc) is 3.33. The van der Waals surface area contributed by atoms with Gasteiger partial charge in [-0.1, -0.05) is 11.1 Å². The first-order valence-corrected chi connectivity index (χ1v) is 13.2. The Kier molecular flexibility index (Phi) is 6.83. The molecule has 0 amide bonds. The molecule has 5 rings (SSSR count). The first kappa shape index (κ1) is 25.7. The van der Waals surface area contributed by atoms with Crippen molar-refractivity contribution in [3.05, 3.63) is 71.8 Å². The summed E-state index contributed by atoms with van der Waals surface area (Å²) in [6.07, 6.45) is 0. The fourth-order valence-electron chi connectivity index (χ4n) is 3.83. The van der Waals surface area contributed by atoms with Gasteiger partial charge >= 0.3 is 0 Å². The van der Waals surface area contributed by atoms with E-state index in [1.165, 1.54) is 16.9 Å². The van der Waals surface area contributed by atoms with Gasteiger partial charge in [0.2, 0.25) is 0 Å². The fraction of sp³-hybridized carbons (Fsp3) is 0.0833. The van der Waals surface area contributed by atoms with Crippen LogP contribution in [-0.4, -0.2) is 33.2 Å². The van der Waals surface area contributed by atoms with E-state index in [9.17, 15) is 13.0 Å². The van der Waals surface area contributed by atoms with E-state index in [1.807, 2.05) is 26.0 Å². The molecule has 194 valence electrons. The van der Waals surface area contributed by atoms with Crippen LogP contribution in [0.25, 0.3) is 27.5 Å². The van der Waals surface area contributed by atoms with Crippen LogP contribution in [0.3, 0.4) is 0 Å². The number of anilines is 1. The molecular weight excluding hydrogens is 532 g/mol. The lowest BCUT2D eigenvalue weighted by Crippen LogP contribution is -1.99. The number of azo groups is 1. The number of nitrogens with zero attached hydrogens (tertiary/aromatic N) is 5. The molecule has 0 aliphatic rings. The van der Waals surface area contributed by atoms with E-state index in [0.29, 0.717) is 50.9 Å². The lowest BCUT2D eigenvalue weighted by molar-refractivity contribution is -0.432. The largest absolute Gasteiger partial charge is 0.399 e. The van der Waals surface area contributed by atoms with E-state index in [0.717, 1.165) is 16.8 Å². The average molecular weight is 553 g/mol. The van der Waals surface area contributed by atoms with Gasteiger partial charge in [-0.05, 0) is 79.6 Å². The Morgan fingerprint density at radius 1 is 0.947 bits per heavy atom. The molecule has 0 fully saturated rings. The summed E-state index contributed by atoms with van der Waals surface area (Å²) in [5.41, 5.74) is 11.3. The molecule has 0 atom stereocenters. The van der Waals surface area contributed by atoms with Crippen LogP contribution >= 0.6 is 12.0 Å². The molecule has 4 aromatic carbocycles. The number of aryl methyl sites for hydroxylation is 2. The van der Waals surface area contributed by atoms with Gasteiger partial charge in [-0.3, -0.25) is 4.55 Å². The second-order valence-electron chi connectivity index (χ2n) is 8.35. The topological polar surface area (TPSA) is 175 Å². The molecule has 0 radical (unpaired) electrons. The Bertz CT molecular complexity index is 1820. The normalized spacial score (nSPS) is 12.2. The molecule has 0 saturated carbocycles. The summed E-state index contributed by atoms with van der Waals surface area (Å²) >= 11 is 0.570. The highest BCUT2D eigenvalue weighted by Crippen LogP contribution is 2.35. The van der Waals surface area contributed by atoms with Gasteiger partial charge in [0.05, 0.1) is 34.0 Å². The van der Waals surface area contributed by atoms with Crippen molar-refractivity contribution in [1.82, 2.24) is 15.0 Å². The van der Waals surface area contributed by atoms with Gasteiger partial charge < -0.3 is 5.73 Å². The zero-order valence-corrected chi connectivity index (χ0v) is 21.6. The summed E-state index contributed by atoms with van der Waals surface area (Å²) in [5, 5.41) is 30.8. The maximum atomic E-state index is 11.9. The van der Waals surface area contributed by atoms with Crippen LogP contribution in [0.4, 0.5) is 17.1 Å². The molecule has 0 unspecified atom stereocenters. The molecule has 12 nitrogen and oxygen atoms in total. The van der Waals surface area contributed by atoms with Gasteiger partial charge in [-0.25, -0.2) is 5.26 Å². The van der Waals surface area contributed by atoms with Crippen LogP contribution in [0.5, 0.6) is 0 Å². The minimum Gasteiger partial charge on any atom is -0.399 e. The number of benzene rings is 4. The van der Waals surface area contributed by atoms with E-state index in [1.54, 1.807) is 36.4 Å². The second kappa shape index (κ2) is 10.1. The van der Waals surface area contributed by atoms with Crippen molar-refractivity contribution in [3.8, 4) is 5.69 Å². The van der Waals surface area contributed by atoms with E-state index in [4.69, 9.17) is 11.0 Å². The molecular formula is C24H20N6O6S2. The number of fused-ring (bicyclic) bond motifs is 3. The van der Waals surface area contributed by atoms with Gasteiger partial charge in [-0.2, -0.15) is 23.4 Å². The molecule has 1 aromatic heterocycles. The first-order valence-electron chi connectivity index (χ1n) is 11.0. The maximum absolute atomic E-state index is 11.9. The zero-order valence-electron chi connectivity index (χ0n) is 19.9. The molecule has 14 heteroatoms. The van der Waals surface area contributed by atoms with E-state index >= 15 is 0 Å². The minimum atomic E-state index is -4.55.